The van der Waals surface area contributed by atoms with E-state index in [-0.39, 0.29) is 12.5 Å². The number of carbonyl (C=O) groups excluding carboxylic acids is 1. The van der Waals surface area contributed by atoms with Gasteiger partial charge < -0.3 is 4.90 Å². The van der Waals surface area contributed by atoms with Crippen molar-refractivity contribution in [3.63, 3.8) is 0 Å². The summed E-state index contributed by atoms with van der Waals surface area (Å²) in [6.07, 6.45) is 2.96. The third-order valence-corrected chi connectivity index (χ3v) is 6.08. The van der Waals surface area contributed by atoms with E-state index in [0.717, 1.165) is 35.9 Å². The zero-order valence-corrected chi connectivity index (χ0v) is 16.9. The highest BCUT2D eigenvalue weighted by molar-refractivity contribution is 7.92. The van der Waals surface area contributed by atoms with Gasteiger partial charge in [-0.1, -0.05) is 44.2 Å². The number of nitrogens with zero attached hydrogens (tertiary/aromatic N) is 2. The molecule has 1 aliphatic rings. The minimum atomic E-state index is -3.58. The number of hydrogen-bond donors (Lipinski definition) is 0. The molecule has 0 bridgehead atoms. The van der Waals surface area contributed by atoms with E-state index in [1.807, 2.05) is 36.4 Å². The molecule has 0 radical (unpaired) electrons. The standard InChI is InChI=1S/C21H26N2O3S/c1-16(2)17-10-12-19(13-11-17)23(27(3,25)26)15-21(24)22-14-6-8-18-7-4-5-9-20(18)22/h4-5,7,9-13,16H,6,8,14-15H2,1-3H3. The number of para-hydroxylation sites is 1. The molecule has 0 aromatic heterocycles. The van der Waals surface area contributed by atoms with Gasteiger partial charge in [-0.25, -0.2) is 8.42 Å². The highest BCUT2D eigenvalue weighted by Gasteiger charge is 2.27. The number of anilines is 2. The predicted molar refractivity (Wildman–Crippen MR) is 110 cm³/mol. The second-order valence-corrected chi connectivity index (χ2v) is 9.20. The molecule has 0 saturated carbocycles. The van der Waals surface area contributed by atoms with Gasteiger partial charge in [-0.15, -0.1) is 0 Å². The van der Waals surface area contributed by atoms with Crippen LogP contribution in [0.15, 0.2) is 48.5 Å². The van der Waals surface area contributed by atoms with Gasteiger partial charge in [0.25, 0.3) is 0 Å². The Bertz CT molecular complexity index is 921. The van der Waals surface area contributed by atoms with Crippen molar-refractivity contribution in [3.8, 4) is 0 Å². The summed E-state index contributed by atoms with van der Waals surface area (Å²) in [5.41, 5.74) is 3.66. The quantitative estimate of drug-likeness (QED) is 0.790. The minimum absolute atomic E-state index is 0.200. The topological polar surface area (TPSA) is 57.7 Å². The SMILES string of the molecule is CC(C)c1ccc(N(CC(=O)N2CCCc3ccccc32)S(C)(=O)=O)cc1. The molecule has 5 nitrogen and oxygen atoms in total. The lowest BCUT2D eigenvalue weighted by atomic mass is 10.0. The van der Waals surface area contributed by atoms with E-state index < -0.39 is 10.0 Å². The Morgan fingerprint density at radius 2 is 1.78 bits per heavy atom. The highest BCUT2D eigenvalue weighted by Crippen LogP contribution is 2.28. The van der Waals surface area contributed by atoms with Gasteiger partial charge in [0.15, 0.2) is 0 Å². The Hall–Kier alpha value is -2.34. The number of benzene rings is 2. The first-order valence-electron chi connectivity index (χ1n) is 9.23. The van der Waals surface area contributed by atoms with Crippen molar-refractivity contribution < 1.29 is 13.2 Å². The molecule has 0 spiro atoms. The summed E-state index contributed by atoms with van der Waals surface area (Å²) in [7, 11) is -3.58. The van der Waals surface area contributed by atoms with Gasteiger partial charge >= 0.3 is 0 Å². The number of sulfonamides is 1. The average Bonchev–Trinajstić information content (AvgIpc) is 2.64. The lowest BCUT2D eigenvalue weighted by Gasteiger charge is -2.31. The lowest BCUT2D eigenvalue weighted by Crippen LogP contribution is -2.44. The Kier molecular flexibility index (Phi) is 5.56. The van der Waals surface area contributed by atoms with E-state index >= 15 is 0 Å². The van der Waals surface area contributed by atoms with Gasteiger partial charge in [-0.05, 0) is 48.1 Å². The molecule has 1 heterocycles. The summed E-state index contributed by atoms with van der Waals surface area (Å²) < 4.78 is 25.9. The molecule has 3 rings (SSSR count). The molecule has 27 heavy (non-hydrogen) atoms. The third-order valence-electron chi connectivity index (χ3n) is 4.94. The molecule has 144 valence electrons. The normalized spacial score (nSPS) is 14.1. The maximum Gasteiger partial charge on any atom is 0.247 e. The molecule has 0 fully saturated rings. The van der Waals surface area contributed by atoms with Crippen LogP contribution in [0, 0.1) is 0 Å². The van der Waals surface area contributed by atoms with Crippen LogP contribution in [0.5, 0.6) is 0 Å². The molecule has 2 aromatic carbocycles. The fourth-order valence-electron chi connectivity index (χ4n) is 3.43. The predicted octanol–water partition coefficient (Wildman–Crippen LogP) is 3.56. The van der Waals surface area contributed by atoms with Gasteiger partial charge in [0.1, 0.15) is 6.54 Å². The summed E-state index contributed by atoms with van der Waals surface area (Å²) in [5.74, 6) is 0.151. The largest absolute Gasteiger partial charge is 0.311 e. The van der Waals surface area contributed by atoms with E-state index in [4.69, 9.17) is 0 Å². The smallest absolute Gasteiger partial charge is 0.247 e. The first-order chi connectivity index (χ1) is 12.8. The van der Waals surface area contributed by atoms with Crippen LogP contribution in [-0.2, 0) is 21.2 Å². The molecule has 0 saturated heterocycles. The molecule has 0 unspecified atom stereocenters. The average molecular weight is 387 g/mol. The molecule has 0 aliphatic carbocycles. The molecular weight excluding hydrogens is 360 g/mol. The van der Waals surface area contributed by atoms with Crippen molar-refractivity contribution in [2.24, 2.45) is 0 Å². The molecule has 0 N–H and O–H groups in total. The van der Waals surface area contributed by atoms with Crippen molar-refractivity contribution in [2.75, 3.05) is 28.6 Å². The fraction of sp³-hybridized carbons (Fsp3) is 0.381. The monoisotopic (exact) mass is 386 g/mol. The molecule has 2 aromatic rings. The van der Waals surface area contributed by atoms with E-state index in [1.54, 1.807) is 17.0 Å². The Labute approximate surface area is 161 Å². The van der Waals surface area contributed by atoms with Gasteiger partial charge in [0.2, 0.25) is 15.9 Å². The number of rotatable bonds is 5. The lowest BCUT2D eigenvalue weighted by molar-refractivity contribution is -0.117. The van der Waals surface area contributed by atoms with Crippen molar-refractivity contribution in [1.82, 2.24) is 0 Å². The first-order valence-corrected chi connectivity index (χ1v) is 11.1. The zero-order valence-electron chi connectivity index (χ0n) is 16.1. The van der Waals surface area contributed by atoms with Gasteiger partial charge in [-0.2, -0.15) is 0 Å². The molecule has 1 aliphatic heterocycles. The van der Waals surface area contributed by atoms with Crippen molar-refractivity contribution >= 4 is 27.3 Å². The van der Waals surface area contributed by atoms with Gasteiger partial charge in [-0.3, -0.25) is 9.10 Å². The van der Waals surface area contributed by atoms with Crippen LogP contribution in [0.1, 0.15) is 37.3 Å². The van der Waals surface area contributed by atoms with Crippen LogP contribution in [0.2, 0.25) is 0 Å². The second kappa shape index (κ2) is 7.72. The third kappa shape index (κ3) is 4.33. The first kappa shape index (κ1) is 19.4. The van der Waals surface area contributed by atoms with Crippen LogP contribution in [-0.4, -0.2) is 33.7 Å². The maximum absolute atomic E-state index is 13.0. The molecule has 6 heteroatoms. The van der Waals surface area contributed by atoms with Crippen LogP contribution in [0.3, 0.4) is 0 Å². The number of hydrogen-bond acceptors (Lipinski definition) is 3. The maximum atomic E-state index is 13.0. The van der Waals surface area contributed by atoms with E-state index in [2.05, 4.69) is 13.8 Å². The van der Waals surface area contributed by atoms with Crippen LogP contribution < -0.4 is 9.21 Å². The number of fused-ring (bicyclic) bond motifs is 1. The summed E-state index contributed by atoms with van der Waals surface area (Å²) in [4.78, 5) is 14.7. The fourth-order valence-corrected chi connectivity index (χ4v) is 4.28. The second-order valence-electron chi connectivity index (χ2n) is 7.29. The van der Waals surface area contributed by atoms with Crippen molar-refractivity contribution in [2.45, 2.75) is 32.6 Å². The van der Waals surface area contributed by atoms with Crippen LogP contribution >= 0.6 is 0 Å². The number of carbonyl (C=O) groups is 1. The van der Waals surface area contributed by atoms with E-state index in [9.17, 15) is 13.2 Å². The van der Waals surface area contributed by atoms with Crippen molar-refractivity contribution in [1.29, 1.82) is 0 Å². The molecule has 0 atom stereocenters. The molecule has 1 amide bonds. The highest BCUT2D eigenvalue weighted by atomic mass is 32.2. The van der Waals surface area contributed by atoms with Crippen LogP contribution in [0.25, 0.3) is 0 Å². The minimum Gasteiger partial charge on any atom is -0.311 e. The Balaban J connectivity index is 1.87. The number of amides is 1. The Morgan fingerprint density at radius 1 is 1.11 bits per heavy atom. The molecular formula is C21H26N2O3S. The summed E-state index contributed by atoms with van der Waals surface area (Å²) in [5, 5.41) is 0. The van der Waals surface area contributed by atoms with E-state index in [1.165, 1.54) is 4.31 Å². The summed E-state index contributed by atoms with van der Waals surface area (Å²) in [6, 6.07) is 15.2. The number of aryl methyl sites for hydroxylation is 1. The Morgan fingerprint density at radius 3 is 2.41 bits per heavy atom. The van der Waals surface area contributed by atoms with Crippen molar-refractivity contribution in [3.05, 3.63) is 59.7 Å². The zero-order chi connectivity index (χ0) is 19.6. The van der Waals surface area contributed by atoms with Gasteiger partial charge in [0.05, 0.1) is 11.9 Å². The summed E-state index contributed by atoms with van der Waals surface area (Å²) in [6.45, 7) is 4.58. The van der Waals surface area contributed by atoms with Gasteiger partial charge in [0, 0.05) is 12.2 Å². The van der Waals surface area contributed by atoms with Crippen LogP contribution in [0.4, 0.5) is 11.4 Å². The summed E-state index contributed by atoms with van der Waals surface area (Å²) >= 11 is 0. The van der Waals surface area contributed by atoms with E-state index in [0.29, 0.717) is 18.2 Å².